The molecule has 0 radical (unpaired) electrons. The Hall–Kier alpha value is -0.820. The molecule has 1 unspecified atom stereocenters. The Morgan fingerprint density at radius 1 is 1.47 bits per heavy atom. The maximum atomic E-state index is 3.67. The summed E-state index contributed by atoms with van der Waals surface area (Å²) in [5.41, 5.74) is 0. The van der Waals surface area contributed by atoms with E-state index in [0.717, 1.165) is 6.42 Å². The highest BCUT2D eigenvalue weighted by Crippen LogP contribution is 2.21. The van der Waals surface area contributed by atoms with E-state index in [4.69, 9.17) is 0 Å². The topological polar surface area (TPSA) is 0 Å². The van der Waals surface area contributed by atoms with Crippen LogP contribution < -0.4 is 0 Å². The third-order valence-corrected chi connectivity index (χ3v) is 2.79. The second-order valence-corrected chi connectivity index (χ2v) is 4.44. The molecule has 1 aromatic rings. The maximum absolute atomic E-state index is 3.67. The molecule has 15 heavy (non-hydrogen) atoms. The minimum atomic E-state index is 0.546. The first-order valence-corrected chi connectivity index (χ1v) is 6.45. The molecule has 0 bridgehead atoms. The summed E-state index contributed by atoms with van der Waals surface area (Å²) in [4.78, 5) is 1.43. The van der Waals surface area contributed by atoms with E-state index in [1.54, 1.807) is 0 Å². The second kappa shape index (κ2) is 9.72. The van der Waals surface area contributed by atoms with Gasteiger partial charge in [-0.3, -0.25) is 0 Å². The van der Waals surface area contributed by atoms with Crippen molar-refractivity contribution in [2.75, 3.05) is 0 Å². The van der Waals surface area contributed by atoms with Crippen LogP contribution in [0.15, 0.2) is 42.3 Å². The molecule has 1 heterocycles. The van der Waals surface area contributed by atoms with E-state index < -0.39 is 0 Å². The molecule has 0 amide bonds. The van der Waals surface area contributed by atoms with Crippen molar-refractivity contribution >= 4 is 11.3 Å². The van der Waals surface area contributed by atoms with Crippen molar-refractivity contribution in [3.63, 3.8) is 0 Å². The van der Waals surface area contributed by atoms with Gasteiger partial charge in [0.25, 0.3) is 0 Å². The monoisotopic (exact) mass is 222 g/mol. The summed E-state index contributed by atoms with van der Waals surface area (Å²) >= 11 is 1.81. The van der Waals surface area contributed by atoms with Gasteiger partial charge in [0.05, 0.1) is 0 Å². The van der Waals surface area contributed by atoms with E-state index in [1.807, 2.05) is 17.4 Å². The zero-order valence-electron chi connectivity index (χ0n) is 10.1. The largest absolute Gasteiger partial charge is 0.148 e. The zero-order chi connectivity index (χ0) is 11.5. The van der Waals surface area contributed by atoms with Crippen LogP contribution >= 0.6 is 11.3 Å². The predicted octanol–water partition coefficient (Wildman–Crippen LogP) is 5.40. The highest BCUT2D eigenvalue weighted by atomic mass is 32.1. The highest BCUT2D eigenvalue weighted by molar-refractivity contribution is 7.10. The fraction of sp³-hybridized carbons (Fsp3) is 0.429. The van der Waals surface area contributed by atoms with Gasteiger partial charge < -0.3 is 0 Å². The van der Waals surface area contributed by atoms with Crippen LogP contribution in [0.5, 0.6) is 0 Å². The van der Waals surface area contributed by atoms with Crippen LogP contribution in [0.25, 0.3) is 0 Å². The van der Waals surface area contributed by atoms with Gasteiger partial charge in [-0.15, -0.1) is 17.9 Å². The predicted molar refractivity (Wildman–Crippen MR) is 72.7 cm³/mol. The van der Waals surface area contributed by atoms with E-state index in [1.165, 1.54) is 11.3 Å². The van der Waals surface area contributed by atoms with Gasteiger partial charge in [0.1, 0.15) is 0 Å². The molecule has 0 aliphatic rings. The highest BCUT2D eigenvalue weighted by Gasteiger charge is 1.99. The molecule has 0 aliphatic heterocycles. The SMILES string of the molecule is C=CC/C=C\C(C)c1cccs1.CCC. The minimum Gasteiger partial charge on any atom is -0.148 e. The van der Waals surface area contributed by atoms with Crippen molar-refractivity contribution in [1.29, 1.82) is 0 Å². The number of hydrogen-bond donors (Lipinski definition) is 0. The molecule has 1 atom stereocenters. The summed E-state index contributed by atoms with van der Waals surface area (Å²) in [5, 5.41) is 2.12. The summed E-state index contributed by atoms with van der Waals surface area (Å²) in [6.07, 6.45) is 8.53. The van der Waals surface area contributed by atoms with Crippen molar-refractivity contribution < 1.29 is 0 Å². The first-order chi connectivity index (χ1) is 7.26. The minimum absolute atomic E-state index is 0.546. The van der Waals surface area contributed by atoms with E-state index >= 15 is 0 Å². The lowest BCUT2D eigenvalue weighted by Gasteiger charge is -2.00. The average molecular weight is 222 g/mol. The van der Waals surface area contributed by atoms with Crippen LogP contribution in [0, 0.1) is 0 Å². The van der Waals surface area contributed by atoms with Crippen molar-refractivity contribution in [2.24, 2.45) is 0 Å². The molecular formula is C14H22S. The van der Waals surface area contributed by atoms with E-state index in [9.17, 15) is 0 Å². The van der Waals surface area contributed by atoms with Crippen LogP contribution in [0.3, 0.4) is 0 Å². The van der Waals surface area contributed by atoms with Gasteiger partial charge in [-0.25, -0.2) is 0 Å². The molecule has 0 saturated heterocycles. The summed E-state index contributed by atoms with van der Waals surface area (Å²) in [6.45, 7) is 10.1. The Morgan fingerprint density at radius 3 is 2.60 bits per heavy atom. The third kappa shape index (κ3) is 7.15. The van der Waals surface area contributed by atoms with Crippen LogP contribution in [0.2, 0.25) is 0 Å². The maximum Gasteiger partial charge on any atom is 0.0111 e. The van der Waals surface area contributed by atoms with Crippen molar-refractivity contribution in [1.82, 2.24) is 0 Å². The lowest BCUT2D eigenvalue weighted by Crippen LogP contribution is -1.82. The Labute approximate surface area is 98.3 Å². The number of allylic oxidation sites excluding steroid dienone is 3. The lowest BCUT2D eigenvalue weighted by molar-refractivity contribution is 0.990. The first-order valence-electron chi connectivity index (χ1n) is 5.57. The van der Waals surface area contributed by atoms with Gasteiger partial charge in [0, 0.05) is 10.8 Å². The summed E-state index contributed by atoms with van der Waals surface area (Å²) < 4.78 is 0. The molecular weight excluding hydrogens is 200 g/mol. The molecule has 0 spiro atoms. The number of rotatable bonds is 4. The smallest absolute Gasteiger partial charge is 0.0111 e. The van der Waals surface area contributed by atoms with Crippen LogP contribution in [-0.2, 0) is 0 Å². The van der Waals surface area contributed by atoms with Gasteiger partial charge in [-0.1, -0.05) is 51.5 Å². The molecule has 1 rings (SSSR count). The van der Waals surface area contributed by atoms with Gasteiger partial charge in [-0.05, 0) is 17.9 Å². The Bertz CT molecular complexity index is 257. The van der Waals surface area contributed by atoms with Crippen LogP contribution in [0.1, 0.15) is 44.4 Å². The van der Waals surface area contributed by atoms with E-state index in [2.05, 4.69) is 57.0 Å². The quantitative estimate of drug-likeness (QED) is 0.598. The van der Waals surface area contributed by atoms with Gasteiger partial charge in [-0.2, -0.15) is 0 Å². The van der Waals surface area contributed by atoms with Crippen LogP contribution in [0.4, 0.5) is 0 Å². The number of thiophene rings is 1. The molecule has 0 N–H and O–H groups in total. The first kappa shape index (κ1) is 14.2. The van der Waals surface area contributed by atoms with E-state index in [0.29, 0.717) is 5.92 Å². The van der Waals surface area contributed by atoms with Crippen molar-refractivity contribution in [3.05, 3.63) is 47.2 Å². The molecule has 0 fully saturated rings. The summed E-state index contributed by atoms with van der Waals surface area (Å²) in [7, 11) is 0. The van der Waals surface area contributed by atoms with Gasteiger partial charge in [0.15, 0.2) is 0 Å². The molecule has 84 valence electrons. The molecule has 1 heteroatoms. The second-order valence-electron chi connectivity index (χ2n) is 3.46. The Kier molecular flexibility index (Phi) is 9.19. The fourth-order valence-corrected chi connectivity index (χ4v) is 1.79. The number of hydrogen-bond acceptors (Lipinski definition) is 1. The Balaban J connectivity index is 0.000000583. The molecule has 0 saturated carbocycles. The van der Waals surface area contributed by atoms with Gasteiger partial charge in [0.2, 0.25) is 0 Å². The summed E-state index contributed by atoms with van der Waals surface area (Å²) in [5.74, 6) is 0.546. The molecule has 0 nitrogen and oxygen atoms in total. The lowest BCUT2D eigenvalue weighted by atomic mass is 10.1. The third-order valence-electron chi connectivity index (χ3n) is 1.72. The summed E-state index contributed by atoms with van der Waals surface area (Å²) in [6, 6.07) is 4.27. The van der Waals surface area contributed by atoms with Crippen molar-refractivity contribution in [3.8, 4) is 0 Å². The standard InChI is InChI=1S/C11H14S.C3H8/c1-3-4-5-7-10(2)11-8-6-9-12-11;1-3-2/h3,5-10H,1,4H2,2H3;3H2,1-2H3/b7-5-;. The van der Waals surface area contributed by atoms with Gasteiger partial charge >= 0.3 is 0 Å². The molecule has 0 aliphatic carbocycles. The van der Waals surface area contributed by atoms with E-state index in [-0.39, 0.29) is 0 Å². The Morgan fingerprint density at radius 2 is 2.13 bits per heavy atom. The van der Waals surface area contributed by atoms with Crippen LogP contribution in [-0.4, -0.2) is 0 Å². The average Bonchev–Trinajstić information content (AvgIpc) is 2.72. The van der Waals surface area contributed by atoms with Crippen molar-refractivity contribution in [2.45, 2.75) is 39.5 Å². The zero-order valence-corrected chi connectivity index (χ0v) is 10.9. The molecule has 0 aromatic carbocycles. The fourth-order valence-electron chi connectivity index (χ4n) is 1.02. The molecule has 1 aromatic heterocycles. The normalized spacial score (nSPS) is 11.9.